The molecule has 0 amide bonds. The van der Waals surface area contributed by atoms with E-state index in [1.807, 2.05) is 12.1 Å². The van der Waals surface area contributed by atoms with Crippen LogP contribution >= 0.6 is 0 Å². The number of fused-ring (bicyclic) bond motifs is 2. The molecular formula is C23H29N3O2S. The predicted octanol–water partition coefficient (Wildman–Crippen LogP) is 3.81. The summed E-state index contributed by atoms with van der Waals surface area (Å²) in [5.41, 5.74) is 2.63. The molecule has 29 heavy (non-hydrogen) atoms. The molecule has 1 aliphatic heterocycles. The van der Waals surface area contributed by atoms with Crippen molar-refractivity contribution < 1.29 is 8.42 Å². The number of nitrogens with one attached hydrogen (secondary N) is 1. The third-order valence-electron chi connectivity index (χ3n) is 6.99. The molecule has 3 aliphatic rings. The van der Waals surface area contributed by atoms with Gasteiger partial charge in [0.2, 0.25) is 10.0 Å². The van der Waals surface area contributed by atoms with Crippen molar-refractivity contribution in [2.75, 3.05) is 13.1 Å². The van der Waals surface area contributed by atoms with E-state index >= 15 is 0 Å². The number of rotatable bonds is 6. The van der Waals surface area contributed by atoms with E-state index in [1.165, 1.54) is 31.2 Å². The molecule has 1 saturated heterocycles. The topological polar surface area (TPSA) is 62.3 Å². The van der Waals surface area contributed by atoms with Crippen LogP contribution in [-0.2, 0) is 16.6 Å². The number of aromatic nitrogens is 1. The summed E-state index contributed by atoms with van der Waals surface area (Å²) in [6, 6.07) is 12.3. The Labute approximate surface area is 173 Å². The Hall–Kier alpha value is -1.76. The lowest BCUT2D eigenvalue weighted by molar-refractivity contribution is 0.351. The second-order valence-electron chi connectivity index (χ2n) is 8.82. The van der Waals surface area contributed by atoms with Gasteiger partial charge >= 0.3 is 0 Å². The highest BCUT2D eigenvalue weighted by Gasteiger charge is 2.39. The first-order valence-electron chi connectivity index (χ1n) is 10.9. The average Bonchev–Trinajstić information content (AvgIpc) is 3.51. The van der Waals surface area contributed by atoms with Crippen LogP contribution in [0, 0.1) is 11.8 Å². The van der Waals surface area contributed by atoms with Crippen molar-refractivity contribution in [3.05, 3.63) is 48.2 Å². The largest absolute Gasteiger partial charge is 0.310 e. The molecule has 2 bridgehead atoms. The standard InChI is InChI=1S/C23H29N3O2S/c27-29(28,26-12-1-2-13-26)22-4-3-11-24-23(22)19-8-5-17(6-9-19)16-25-21-15-18-7-10-20(21)14-18/h3-6,8-9,11,18,20-21,25H,1-2,7,10,12-16H2/t18-,20-,21?/m0/s1. The third-order valence-corrected chi connectivity index (χ3v) is 8.92. The van der Waals surface area contributed by atoms with Crippen molar-refractivity contribution in [2.45, 2.75) is 56.0 Å². The molecule has 5 nitrogen and oxygen atoms in total. The first-order chi connectivity index (χ1) is 14.1. The van der Waals surface area contributed by atoms with Gasteiger partial charge in [0.25, 0.3) is 0 Å². The quantitative estimate of drug-likeness (QED) is 0.785. The minimum atomic E-state index is -3.50. The lowest BCUT2D eigenvalue weighted by Gasteiger charge is -2.23. The lowest BCUT2D eigenvalue weighted by atomic mass is 9.95. The second kappa shape index (κ2) is 7.82. The van der Waals surface area contributed by atoms with E-state index in [4.69, 9.17) is 0 Å². The second-order valence-corrected chi connectivity index (χ2v) is 10.7. The van der Waals surface area contributed by atoms with Gasteiger partial charge < -0.3 is 5.32 Å². The number of pyridine rings is 1. The number of nitrogens with zero attached hydrogens (tertiary/aromatic N) is 2. The number of hydrogen-bond acceptors (Lipinski definition) is 4. The highest BCUT2D eigenvalue weighted by atomic mass is 32.2. The van der Waals surface area contributed by atoms with Gasteiger partial charge in [0.15, 0.2) is 0 Å². The van der Waals surface area contributed by atoms with E-state index in [1.54, 1.807) is 22.6 Å². The summed E-state index contributed by atoms with van der Waals surface area (Å²) >= 11 is 0. The molecule has 1 N–H and O–H groups in total. The Morgan fingerprint density at radius 1 is 1.03 bits per heavy atom. The zero-order valence-electron chi connectivity index (χ0n) is 16.8. The van der Waals surface area contributed by atoms with Crippen molar-refractivity contribution in [1.82, 2.24) is 14.6 Å². The molecule has 1 aromatic heterocycles. The van der Waals surface area contributed by atoms with Crippen molar-refractivity contribution >= 4 is 10.0 Å². The van der Waals surface area contributed by atoms with Gasteiger partial charge in [0.1, 0.15) is 4.90 Å². The van der Waals surface area contributed by atoms with Crippen LogP contribution in [0.4, 0.5) is 0 Å². The van der Waals surface area contributed by atoms with E-state index in [2.05, 4.69) is 22.4 Å². The van der Waals surface area contributed by atoms with Gasteiger partial charge in [-0.25, -0.2) is 8.42 Å². The van der Waals surface area contributed by atoms with Crippen LogP contribution in [0.25, 0.3) is 11.3 Å². The number of sulfonamides is 1. The predicted molar refractivity (Wildman–Crippen MR) is 114 cm³/mol. The van der Waals surface area contributed by atoms with Crippen molar-refractivity contribution in [2.24, 2.45) is 11.8 Å². The molecule has 6 heteroatoms. The first kappa shape index (κ1) is 19.2. The number of benzene rings is 1. The average molecular weight is 412 g/mol. The fraction of sp³-hybridized carbons (Fsp3) is 0.522. The smallest absolute Gasteiger partial charge is 0.245 e. The molecule has 2 saturated carbocycles. The molecule has 1 aromatic carbocycles. The molecule has 3 fully saturated rings. The van der Waals surface area contributed by atoms with E-state index in [9.17, 15) is 8.42 Å². The zero-order chi connectivity index (χ0) is 19.8. The van der Waals surface area contributed by atoms with Crippen molar-refractivity contribution in [3.8, 4) is 11.3 Å². The van der Waals surface area contributed by atoms with Gasteiger partial charge in [-0.15, -0.1) is 0 Å². The van der Waals surface area contributed by atoms with Crippen LogP contribution in [0.3, 0.4) is 0 Å². The lowest BCUT2D eigenvalue weighted by Crippen LogP contribution is -2.33. The fourth-order valence-electron chi connectivity index (χ4n) is 5.41. The maximum atomic E-state index is 13.1. The Balaban J connectivity index is 1.32. The summed E-state index contributed by atoms with van der Waals surface area (Å²) in [4.78, 5) is 4.74. The van der Waals surface area contributed by atoms with Crippen LogP contribution < -0.4 is 5.32 Å². The van der Waals surface area contributed by atoms with Gasteiger partial charge in [-0.05, 0) is 61.6 Å². The Bertz CT molecular complexity index is 968. The maximum absolute atomic E-state index is 13.1. The molecule has 1 unspecified atom stereocenters. The molecule has 5 rings (SSSR count). The van der Waals surface area contributed by atoms with E-state index in [0.29, 0.717) is 29.7 Å². The van der Waals surface area contributed by atoms with Gasteiger partial charge in [-0.2, -0.15) is 4.31 Å². The van der Waals surface area contributed by atoms with Crippen LogP contribution in [0.5, 0.6) is 0 Å². The van der Waals surface area contributed by atoms with Crippen molar-refractivity contribution in [3.63, 3.8) is 0 Å². The molecule has 2 aromatic rings. The normalized spacial score (nSPS) is 27.0. The van der Waals surface area contributed by atoms with Crippen LogP contribution in [-0.4, -0.2) is 36.8 Å². The highest BCUT2D eigenvalue weighted by Crippen LogP contribution is 2.44. The maximum Gasteiger partial charge on any atom is 0.245 e. The fourth-order valence-corrected chi connectivity index (χ4v) is 7.09. The molecule has 3 atom stereocenters. The first-order valence-corrected chi connectivity index (χ1v) is 12.3. The molecule has 2 heterocycles. The van der Waals surface area contributed by atoms with Crippen LogP contribution in [0.15, 0.2) is 47.5 Å². The highest BCUT2D eigenvalue weighted by molar-refractivity contribution is 7.89. The molecular weight excluding hydrogens is 382 g/mol. The summed E-state index contributed by atoms with van der Waals surface area (Å²) < 4.78 is 27.8. The minimum absolute atomic E-state index is 0.315. The minimum Gasteiger partial charge on any atom is -0.310 e. The third kappa shape index (κ3) is 3.74. The summed E-state index contributed by atoms with van der Waals surface area (Å²) in [7, 11) is -3.50. The van der Waals surface area contributed by atoms with Crippen molar-refractivity contribution in [1.29, 1.82) is 0 Å². The summed E-state index contributed by atoms with van der Waals surface area (Å²) in [5, 5.41) is 3.74. The van der Waals surface area contributed by atoms with Gasteiger partial charge in [0, 0.05) is 37.4 Å². The molecule has 2 aliphatic carbocycles. The summed E-state index contributed by atoms with van der Waals surface area (Å²) in [6.07, 6.45) is 9.07. The number of hydrogen-bond donors (Lipinski definition) is 1. The van der Waals surface area contributed by atoms with E-state index in [0.717, 1.165) is 36.8 Å². The Morgan fingerprint density at radius 2 is 1.83 bits per heavy atom. The summed E-state index contributed by atoms with van der Waals surface area (Å²) in [6.45, 7) is 2.07. The molecule has 0 radical (unpaired) electrons. The Kier molecular flexibility index (Phi) is 5.18. The van der Waals surface area contributed by atoms with Crippen LogP contribution in [0.2, 0.25) is 0 Å². The molecule has 154 valence electrons. The van der Waals surface area contributed by atoms with Gasteiger partial charge in [-0.1, -0.05) is 30.7 Å². The van der Waals surface area contributed by atoms with E-state index < -0.39 is 10.0 Å². The summed E-state index contributed by atoms with van der Waals surface area (Å²) in [5.74, 6) is 1.81. The zero-order valence-corrected chi connectivity index (χ0v) is 17.6. The molecule has 0 spiro atoms. The van der Waals surface area contributed by atoms with Crippen LogP contribution in [0.1, 0.15) is 44.1 Å². The Morgan fingerprint density at radius 3 is 2.52 bits per heavy atom. The monoisotopic (exact) mass is 411 g/mol. The van der Waals surface area contributed by atoms with E-state index in [-0.39, 0.29) is 0 Å². The SMILES string of the molecule is O=S(=O)(c1cccnc1-c1ccc(CNC2C[C@H]3CC[C@H]2C3)cc1)N1CCCC1. The van der Waals surface area contributed by atoms with Gasteiger partial charge in [0.05, 0.1) is 5.69 Å². The van der Waals surface area contributed by atoms with Gasteiger partial charge in [-0.3, -0.25) is 4.98 Å².